The van der Waals surface area contributed by atoms with Crippen LogP contribution in [0.15, 0.2) is 11.3 Å². The van der Waals surface area contributed by atoms with Gasteiger partial charge >= 0.3 is 5.97 Å². The molecule has 0 unspecified atom stereocenters. The van der Waals surface area contributed by atoms with Crippen LogP contribution in [0.1, 0.15) is 20.3 Å². The third-order valence-corrected chi connectivity index (χ3v) is 3.93. The van der Waals surface area contributed by atoms with E-state index in [0.29, 0.717) is 0 Å². The number of carbonyl (C=O) groups excluding carboxylic acids is 2. The van der Waals surface area contributed by atoms with E-state index in [0.717, 1.165) is 0 Å². The van der Waals surface area contributed by atoms with Crippen molar-refractivity contribution in [2.75, 3.05) is 6.61 Å². The summed E-state index contributed by atoms with van der Waals surface area (Å²) in [4.78, 5) is 23.2. The number of ether oxygens (including phenoxy) is 1. The van der Waals surface area contributed by atoms with Gasteiger partial charge in [-0.1, -0.05) is 0 Å². The highest BCUT2D eigenvalue weighted by Gasteiger charge is 2.69. The Morgan fingerprint density at radius 1 is 1.50 bits per heavy atom. The van der Waals surface area contributed by atoms with Gasteiger partial charge in [-0.2, -0.15) is 5.26 Å². The molecule has 18 heavy (non-hydrogen) atoms. The van der Waals surface area contributed by atoms with Crippen molar-refractivity contribution in [3.63, 3.8) is 0 Å². The molecule has 98 valence electrons. The van der Waals surface area contributed by atoms with Gasteiger partial charge in [0.05, 0.1) is 0 Å². The molecule has 0 spiro atoms. The lowest BCUT2D eigenvalue weighted by molar-refractivity contribution is -0.152. The van der Waals surface area contributed by atoms with Gasteiger partial charge in [0.2, 0.25) is 5.78 Å². The molecular formula is C11H12Cl2N2O3. The number of ketones is 1. The molecule has 0 aromatic carbocycles. The summed E-state index contributed by atoms with van der Waals surface area (Å²) >= 11 is 11.6. The molecular weight excluding hydrogens is 279 g/mol. The molecule has 0 aromatic heterocycles. The Bertz CT molecular complexity index is 475. The first-order chi connectivity index (χ1) is 8.15. The molecule has 7 heteroatoms. The van der Waals surface area contributed by atoms with E-state index < -0.39 is 28.1 Å². The zero-order valence-electron chi connectivity index (χ0n) is 9.92. The highest BCUT2D eigenvalue weighted by molar-refractivity contribution is 6.53. The Balaban J connectivity index is 2.59. The monoisotopic (exact) mass is 290 g/mol. The van der Waals surface area contributed by atoms with E-state index in [1.807, 2.05) is 0 Å². The summed E-state index contributed by atoms with van der Waals surface area (Å²) in [5.74, 6) is -1.31. The van der Waals surface area contributed by atoms with Crippen LogP contribution < -0.4 is 5.73 Å². The van der Waals surface area contributed by atoms with Crippen LogP contribution in [0.25, 0.3) is 0 Å². The molecule has 1 aliphatic rings. The Morgan fingerprint density at radius 3 is 2.33 bits per heavy atom. The summed E-state index contributed by atoms with van der Waals surface area (Å²) in [5.41, 5.74) is 4.22. The minimum atomic E-state index is -1.15. The lowest BCUT2D eigenvalue weighted by atomic mass is 10.1. The number of nitrogens with two attached hydrogens (primary N) is 1. The number of rotatable bonds is 4. The highest BCUT2D eigenvalue weighted by atomic mass is 35.5. The molecule has 0 heterocycles. The molecule has 0 amide bonds. The van der Waals surface area contributed by atoms with Crippen LogP contribution in [0.2, 0.25) is 0 Å². The van der Waals surface area contributed by atoms with Crippen molar-refractivity contribution in [1.82, 2.24) is 0 Å². The van der Waals surface area contributed by atoms with Crippen molar-refractivity contribution in [1.29, 1.82) is 5.26 Å². The second-order valence-corrected chi connectivity index (χ2v) is 5.87. The number of esters is 1. The van der Waals surface area contributed by atoms with Gasteiger partial charge in [-0.05, 0) is 13.8 Å². The lowest BCUT2D eigenvalue weighted by Gasteiger charge is -2.11. The van der Waals surface area contributed by atoms with Crippen LogP contribution in [0.5, 0.6) is 0 Å². The number of Topliss-reactive ketones (excluding diaryl/α,β-unsaturated/α-hetero) is 1. The fourth-order valence-electron chi connectivity index (χ4n) is 1.35. The van der Waals surface area contributed by atoms with Crippen molar-refractivity contribution in [2.45, 2.75) is 24.6 Å². The average molecular weight is 291 g/mol. The predicted molar refractivity (Wildman–Crippen MR) is 65.6 cm³/mol. The van der Waals surface area contributed by atoms with Crippen LogP contribution >= 0.6 is 23.2 Å². The van der Waals surface area contributed by atoms with E-state index in [1.165, 1.54) is 6.92 Å². The van der Waals surface area contributed by atoms with Gasteiger partial charge in [0, 0.05) is 12.1 Å². The molecule has 0 aromatic rings. The molecule has 0 aliphatic heterocycles. The molecule has 1 aliphatic carbocycles. The first-order valence-corrected chi connectivity index (χ1v) is 5.86. The number of allylic oxidation sites excluding steroid dienone is 1. The fourth-order valence-corrected chi connectivity index (χ4v) is 2.04. The second-order valence-electron chi connectivity index (χ2n) is 4.38. The quantitative estimate of drug-likeness (QED) is 0.366. The third kappa shape index (κ3) is 2.60. The summed E-state index contributed by atoms with van der Waals surface area (Å²) in [6.07, 6.45) is 0.271. The number of hydrogen-bond acceptors (Lipinski definition) is 5. The maximum absolute atomic E-state index is 11.7. The van der Waals surface area contributed by atoms with Crippen LogP contribution in [0.3, 0.4) is 0 Å². The Kier molecular flexibility index (Phi) is 3.94. The molecule has 0 saturated heterocycles. The summed E-state index contributed by atoms with van der Waals surface area (Å²) in [6, 6.07) is 1.66. The normalized spacial score (nSPS) is 25.7. The summed E-state index contributed by atoms with van der Waals surface area (Å²) < 4.78 is 3.65. The number of halogens is 2. The molecule has 1 atom stereocenters. The SMILES string of the molecule is C/C(N)=C(/C#N)C(=O)COC(=O)[C@]1(C)CC1(Cl)Cl. The Morgan fingerprint density at radius 2 is 2.00 bits per heavy atom. The van der Waals surface area contributed by atoms with Crippen molar-refractivity contribution in [3.05, 3.63) is 11.3 Å². The van der Waals surface area contributed by atoms with Gasteiger partial charge in [-0.15, -0.1) is 23.2 Å². The highest BCUT2D eigenvalue weighted by Crippen LogP contribution is 2.64. The standard InChI is InChI=1S/C11H12Cl2N2O3/c1-6(15)7(3-14)8(16)4-18-9(17)10(2)5-11(10,12)13/h4-5,15H2,1-2H3/b7-6+/t10-/m0/s1. The summed E-state index contributed by atoms with van der Waals surface area (Å²) in [5, 5.41) is 8.70. The van der Waals surface area contributed by atoms with Crippen LogP contribution in [0, 0.1) is 16.7 Å². The first-order valence-electron chi connectivity index (χ1n) is 5.10. The van der Waals surface area contributed by atoms with Crippen molar-refractivity contribution in [3.8, 4) is 6.07 Å². The van der Waals surface area contributed by atoms with E-state index in [9.17, 15) is 9.59 Å². The molecule has 1 fully saturated rings. The van der Waals surface area contributed by atoms with Gasteiger partial charge in [-0.3, -0.25) is 9.59 Å². The average Bonchev–Trinajstić information content (AvgIpc) is 2.76. The lowest BCUT2D eigenvalue weighted by Crippen LogP contribution is -2.25. The minimum Gasteiger partial charge on any atom is -0.457 e. The number of nitrogens with zero attached hydrogens (tertiary/aromatic N) is 1. The number of alkyl halides is 2. The molecule has 5 nitrogen and oxygen atoms in total. The van der Waals surface area contributed by atoms with E-state index in [2.05, 4.69) is 0 Å². The zero-order valence-corrected chi connectivity index (χ0v) is 11.4. The minimum absolute atomic E-state index is 0.0835. The smallest absolute Gasteiger partial charge is 0.315 e. The molecule has 2 N–H and O–H groups in total. The van der Waals surface area contributed by atoms with Gasteiger partial charge in [0.15, 0.2) is 6.61 Å². The van der Waals surface area contributed by atoms with Crippen molar-refractivity contribution >= 4 is 35.0 Å². The van der Waals surface area contributed by atoms with Crippen LogP contribution in [0.4, 0.5) is 0 Å². The molecule has 1 saturated carbocycles. The Labute approximate surface area is 114 Å². The largest absolute Gasteiger partial charge is 0.457 e. The van der Waals surface area contributed by atoms with Gasteiger partial charge in [-0.25, -0.2) is 0 Å². The molecule has 1 rings (SSSR count). The fraction of sp³-hybridized carbons (Fsp3) is 0.545. The van der Waals surface area contributed by atoms with E-state index in [1.54, 1.807) is 13.0 Å². The topological polar surface area (TPSA) is 93.2 Å². The van der Waals surface area contributed by atoms with Crippen molar-refractivity contribution < 1.29 is 14.3 Å². The number of hydrogen-bond donors (Lipinski definition) is 1. The second kappa shape index (κ2) is 4.79. The number of carbonyl (C=O) groups is 2. The van der Waals surface area contributed by atoms with E-state index >= 15 is 0 Å². The van der Waals surface area contributed by atoms with Gasteiger partial charge in [0.1, 0.15) is 21.4 Å². The molecule has 0 bridgehead atoms. The zero-order chi connectivity index (χ0) is 14.1. The van der Waals surface area contributed by atoms with Gasteiger partial charge < -0.3 is 10.5 Å². The van der Waals surface area contributed by atoms with Crippen LogP contribution in [-0.2, 0) is 14.3 Å². The Hall–Kier alpha value is -1.25. The van der Waals surface area contributed by atoms with Gasteiger partial charge in [0.25, 0.3) is 0 Å². The third-order valence-electron chi connectivity index (χ3n) is 2.83. The summed E-state index contributed by atoms with van der Waals surface area (Å²) in [6.45, 7) is 2.42. The van der Waals surface area contributed by atoms with E-state index in [-0.39, 0.29) is 17.7 Å². The first kappa shape index (κ1) is 14.8. The van der Waals surface area contributed by atoms with Crippen LogP contribution in [-0.4, -0.2) is 22.7 Å². The maximum atomic E-state index is 11.7. The van der Waals surface area contributed by atoms with E-state index in [4.69, 9.17) is 38.9 Å². The molecule has 0 radical (unpaired) electrons. The number of nitriles is 1. The maximum Gasteiger partial charge on any atom is 0.315 e. The predicted octanol–water partition coefficient (Wildman–Crippen LogP) is 1.44. The summed E-state index contributed by atoms with van der Waals surface area (Å²) in [7, 11) is 0. The van der Waals surface area contributed by atoms with Crippen molar-refractivity contribution in [2.24, 2.45) is 11.1 Å².